The smallest absolute Gasteiger partial charge is 0.286 e. The standard InChI is InChI=1S/C23H23N3O7/c1-32-19-11-17(18(26(30)31)12-20(19)33-2)21(27)24-9-7-14(8-10-24)13-25-22(28)15-5-3-4-6-16(15)23(25)29/h3-6,11-12,14H,7-10,13H2,1-2H3. The molecule has 2 heterocycles. The molecule has 0 saturated carbocycles. The molecule has 0 unspecified atom stereocenters. The van der Waals surface area contributed by atoms with E-state index in [1.807, 2.05) is 0 Å². The molecule has 0 spiro atoms. The maximum absolute atomic E-state index is 13.1. The van der Waals surface area contributed by atoms with Gasteiger partial charge < -0.3 is 14.4 Å². The molecule has 0 aliphatic carbocycles. The van der Waals surface area contributed by atoms with Gasteiger partial charge in [-0.3, -0.25) is 29.4 Å². The highest BCUT2D eigenvalue weighted by Gasteiger charge is 2.37. The lowest BCUT2D eigenvalue weighted by Crippen LogP contribution is -2.43. The second-order valence-corrected chi connectivity index (χ2v) is 7.98. The summed E-state index contributed by atoms with van der Waals surface area (Å²) in [6.45, 7) is 1.00. The van der Waals surface area contributed by atoms with Crippen LogP contribution in [-0.4, -0.2) is 66.3 Å². The summed E-state index contributed by atoms with van der Waals surface area (Å²) in [4.78, 5) is 52.1. The normalized spacial score (nSPS) is 16.1. The van der Waals surface area contributed by atoms with E-state index in [0.717, 1.165) is 0 Å². The summed E-state index contributed by atoms with van der Waals surface area (Å²) >= 11 is 0. The Bertz CT molecular complexity index is 1100. The molecule has 4 rings (SSSR count). The van der Waals surface area contributed by atoms with E-state index >= 15 is 0 Å². The summed E-state index contributed by atoms with van der Waals surface area (Å²) in [7, 11) is 2.75. The molecule has 10 nitrogen and oxygen atoms in total. The van der Waals surface area contributed by atoms with Gasteiger partial charge in [0.1, 0.15) is 5.56 Å². The molecule has 0 bridgehead atoms. The number of hydrogen-bond acceptors (Lipinski definition) is 7. The van der Waals surface area contributed by atoms with Crippen molar-refractivity contribution in [1.29, 1.82) is 0 Å². The Kier molecular flexibility index (Phi) is 5.99. The quantitative estimate of drug-likeness (QED) is 0.375. The molecule has 0 aromatic heterocycles. The van der Waals surface area contributed by atoms with E-state index in [1.54, 1.807) is 29.2 Å². The number of rotatable bonds is 6. The molecule has 3 amide bonds. The number of nitro benzene ring substituents is 1. The van der Waals surface area contributed by atoms with Crippen LogP contribution < -0.4 is 9.47 Å². The molecular formula is C23H23N3O7. The molecule has 2 aliphatic rings. The van der Waals surface area contributed by atoms with E-state index in [2.05, 4.69) is 0 Å². The van der Waals surface area contributed by atoms with Crippen LogP contribution in [0.25, 0.3) is 0 Å². The van der Waals surface area contributed by atoms with E-state index in [4.69, 9.17) is 9.47 Å². The van der Waals surface area contributed by atoms with E-state index < -0.39 is 10.8 Å². The van der Waals surface area contributed by atoms with Crippen LogP contribution in [0.15, 0.2) is 36.4 Å². The van der Waals surface area contributed by atoms with Crippen LogP contribution in [0, 0.1) is 16.0 Å². The number of hydrogen-bond donors (Lipinski definition) is 0. The zero-order valence-electron chi connectivity index (χ0n) is 18.3. The molecule has 1 saturated heterocycles. The number of methoxy groups -OCH3 is 2. The Balaban J connectivity index is 1.45. The first-order valence-corrected chi connectivity index (χ1v) is 10.5. The SMILES string of the molecule is COc1cc(C(=O)N2CCC(CN3C(=O)c4ccccc4C3=O)CC2)c([N+](=O)[O-])cc1OC. The average molecular weight is 453 g/mol. The van der Waals surface area contributed by atoms with Gasteiger partial charge in [0, 0.05) is 25.7 Å². The fraction of sp³-hybridized carbons (Fsp3) is 0.348. The van der Waals surface area contributed by atoms with Crippen molar-refractivity contribution in [3.8, 4) is 11.5 Å². The summed E-state index contributed by atoms with van der Waals surface area (Å²) in [5.41, 5.74) is 0.397. The fourth-order valence-electron chi connectivity index (χ4n) is 4.34. The highest BCUT2D eigenvalue weighted by atomic mass is 16.6. The summed E-state index contributed by atoms with van der Waals surface area (Å²) < 4.78 is 10.3. The number of nitro groups is 1. The third-order valence-corrected chi connectivity index (χ3v) is 6.15. The van der Waals surface area contributed by atoms with Crippen molar-refractivity contribution in [3.05, 3.63) is 63.2 Å². The minimum Gasteiger partial charge on any atom is -0.493 e. The molecule has 2 aliphatic heterocycles. The lowest BCUT2D eigenvalue weighted by Gasteiger charge is -2.33. The predicted molar refractivity (Wildman–Crippen MR) is 117 cm³/mol. The molecule has 2 aromatic rings. The average Bonchev–Trinajstić information content (AvgIpc) is 3.08. The second-order valence-electron chi connectivity index (χ2n) is 7.98. The predicted octanol–water partition coefficient (Wildman–Crippen LogP) is 2.76. The number of likely N-dealkylation sites (tertiary alicyclic amines) is 1. The monoisotopic (exact) mass is 453 g/mol. The van der Waals surface area contributed by atoms with E-state index in [-0.39, 0.29) is 47.0 Å². The van der Waals surface area contributed by atoms with Gasteiger partial charge in [-0.05, 0) is 30.9 Å². The minimum absolute atomic E-state index is 0.0386. The van der Waals surface area contributed by atoms with Gasteiger partial charge in [0.15, 0.2) is 11.5 Å². The van der Waals surface area contributed by atoms with Crippen LogP contribution in [0.2, 0.25) is 0 Å². The first-order chi connectivity index (χ1) is 15.8. The number of amides is 3. The van der Waals surface area contributed by atoms with Crippen LogP contribution >= 0.6 is 0 Å². The summed E-state index contributed by atoms with van der Waals surface area (Å²) in [5, 5.41) is 11.5. The maximum atomic E-state index is 13.1. The van der Waals surface area contributed by atoms with Gasteiger partial charge in [-0.25, -0.2) is 0 Å². The lowest BCUT2D eigenvalue weighted by atomic mass is 9.95. The zero-order chi connectivity index (χ0) is 23.7. The number of carbonyl (C=O) groups excluding carboxylic acids is 3. The van der Waals surface area contributed by atoms with Crippen molar-refractivity contribution in [3.63, 3.8) is 0 Å². The van der Waals surface area contributed by atoms with Gasteiger partial charge in [-0.15, -0.1) is 0 Å². The number of carbonyl (C=O) groups is 3. The molecule has 1 fully saturated rings. The first kappa shape index (κ1) is 22.3. The van der Waals surface area contributed by atoms with Crippen LogP contribution in [0.1, 0.15) is 43.9 Å². The van der Waals surface area contributed by atoms with Crippen molar-refractivity contribution in [2.24, 2.45) is 5.92 Å². The molecule has 172 valence electrons. The van der Waals surface area contributed by atoms with Crippen LogP contribution in [0.5, 0.6) is 11.5 Å². The zero-order valence-corrected chi connectivity index (χ0v) is 18.3. The minimum atomic E-state index is -0.621. The first-order valence-electron chi connectivity index (χ1n) is 10.5. The van der Waals surface area contributed by atoms with Crippen molar-refractivity contribution in [2.75, 3.05) is 33.9 Å². The summed E-state index contributed by atoms with van der Waals surface area (Å²) in [6, 6.07) is 9.25. The molecule has 0 atom stereocenters. The van der Waals surface area contributed by atoms with Gasteiger partial charge >= 0.3 is 0 Å². The summed E-state index contributed by atoms with van der Waals surface area (Å²) in [6.07, 6.45) is 1.14. The number of ether oxygens (including phenoxy) is 2. The molecule has 0 radical (unpaired) electrons. The molecule has 10 heteroatoms. The van der Waals surface area contributed by atoms with Crippen LogP contribution in [-0.2, 0) is 0 Å². The Hall–Kier alpha value is -3.95. The Morgan fingerprint density at radius 2 is 1.58 bits per heavy atom. The Morgan fingerprint density at radius 3 is 2.09 bits per heavy atom. The number of fused-ring (bicyclic) bond motifs is 1. The topological polar surface area (TPSA) is 119 Å². The third kappa shape index (κ3) is 3.99. The highest BCUT2D eigenvalue weighted by molar-refractivity contribution is 6.21. The molecule has 0 N–H and O–H groups in total. The third-order valence-electron chi connectivity index (χ3n) is 6.15. The number of imide groups is 1. The van der Waals surface area contributed by atoms with E-state index in [0.29, 0.717) is 37.1 Å². The fourth-order valence-corrected chi connectivity index (χ4v) is 4.34. The van der Waals surface area contributed by atoms with Crippen molar-refractivity contribution in [2.45, 2.75) is 12.8 Å². The van der Waals surface area contributed by atoms with Gasteiger partial charge in [0.25, 0.3) is 23.4 Å². The van der Waals surface area contributed by atoms with E-state index in [1.165, 1.54) is 31.3 Å². The molecular weight excluding hydrogens is 430 g/mol. The van der Waals surface area contributed by atoms with E-state index in [9.17, 15) is 24.5 Å². The summed E-state index contributed by atoms with van der Waals surface area (Å²) in [5.74, 6) is -0.629. The van der Waals surface area contributed by atoms with Gasteiger partial charge in [-0.1, -0.05) is 12.1 Å². The van der Waals surface area contributed by atoms with Gasteiger partial charge in [0.05, 0.1) is 36.3 Å². The maximum Gasteiger partial charge on any atom is 0.286 e. The van der Waals surface area contributed by atoms with Gasteiger partial charge in [-0.2, -0.15) is 0 Å². The molecule has 2 aromatic carbocycles. The van der Waals surface area contributed by atoms with Crippen molar-refractivity contribution >= 4 is 23.4 Å². The Morgan fingerprint density at radius 1 is 1.03 bits per heavy atom. The number of nitrogens with zero attached hydrogens (tertiary/aromatic N) is 3. The number of piperidine rings is 1. The molecule has 33 heavy (non-hydrogen) atoms. The second kappa shape index (κ2) is 8.89. The lowest BCUT2D eigenvalue weighted by molar-refractivity contribution is -0.385. The highest BCUT2D eigenvalue weighted by Crippen LogP contribution is 2.36. The van der Waals surface area contributed by atoms with Gasteiger partial charge in [0.2, 0.25) is 0 Å². The largest absolute Gasteiger partial charge is 0.493 e. The number of benzene rings is 2. The van der Waals surface area contributed by atoms with Crippen molar-refractivity contribution in [1.82, 2.24) is 9.80 Å². The van der Waals surface area contributed by atoms with Crippen LogP contribution in [0.4, 0.5) is 5.69 Å². The van der Waals surface area contributed by atoms with Crippen LogP contribution in [0.3, 0.4) is 0 Å². The Labute approximate surface area is 189 Å². The van der Waals surface area contributed by atoms with Crippen molar-refractivity contribution < 1.29 is 28.8 Å².